The molecule has 2 aromatic rings. The van der Waals surface area contributed by atoms with Gasteiger partial charge in [-0.1, -0.05) is 26.2 Å². The van der Waals surface area contributed by atoms with Crippen molar-refractivity contribution >= 4 is 23.2 Å². The van der Waals surface area contributed by atoms with Crippen LogP contribution in [0.1, 0.15) is 62.5 Å². The molecule has 1 saturated carbocycles. The van der Waals surface area contributed by atoms with Crippen molar-refractivity contribution in [1.82, 2.24) is 20.1 Å². The van der Waals surface area contributed by atoms with Crippen molar-refractivity contribution in [2.45, 2.75) is 57.5 Å². The van der Waals surface area contributed by atoms with Crippen LogP contribution < -0.4 is 10.6 Å². The first-order chi connectivity index (χ1) is 11.3. The van der Waals surface area contributed by atoms with Crippen LogP contribution in [0.2, 0.25) is 0 Å². The van der Waals surface area contributed by atoms with Crippen molar-refractivity contribution in [2.24, 2.45) is 0 Å². The highest BCUT2D eigenvalue weighted by Crippen LogP contribution is 2.30. The zero-order chi connectivity index (χ0) is 16.1. The van der Waals surface area contributed by atoms with E-state index in [2.05, 4.69) is 20.7 Å². The van der Waals surface area contributed by atoms with Gasteiger partial charge in [-0.15, -0.1) is 11.3 Å². The second kappa shape index (κ2) is 7.59. The molecule has 1 fully saturated rings. The first-order valence-electron chi connectivity index (χ1n) is 8.28. The normalized spacial score (nSPS) is 16.9. The third-order valence-corrected chi connectivity index (χ3v) is 5.18. The van der Waals surface area contributed by atoms with E-state index in [1.807, 2.05) is 23.1 Å². The second-order valence-electron chi connectivity index (χ2n) is 5.88. The van der Waals surface area contributed by atoms with Crippen LogP contribution in [-0.2, 0) is 0 Å². The van der Waals surface area contributed by atoms with Crippen molar-refractivity contribution < 1.29 is 4.79 Å². The number of hydrogen-bond donors (Lipinski definition) is 2. The molecule has 2 aromatic heterocycles. The number of carbonyl (C=O) groups excluding carboxylic acids is 1. The molecule has 23 heavy (non-hydrogen) atoms. The Morgan fingerprint density at radius 1 is 1.39 bits per heavy atom. The standard InChI is InChI=1S/C16H23N5OS/c1-2-13(15-17-10-11-23-15)19-16(22)20-14-8-9-18-21(14)12-6-4-3-5-7-12/h8-13H,2-7H2,1H3,(H2,19,20,22)/t13-/m0/s1. The van der Waals surface area contributed by atoms with E-state index in [-0.39, 0.29) is 12.1 Å². The van der Waals surface area contributed by atoms with E-state index in [1.54, 1.807) is 23.7 Å². The van der Waals surface area contributed by atoms with E-state index >= 15 is 0 Å². The molecular weight excluding hydrogens is 310 g/mol. The van der Waals surface area contributed by atoms with E-state index in [0.29, 0.717) is 6.04 Å². The molecule has 6 nitrogen and oxygen atoms in total. The van der Waals surface area contributed by atoms with Gasteiger partial charge in [-0.25, -0.2) is 14.5 Å². The minimum absolute atomic E-state index is 0.0546. The fourth-order valence-electron chi connectivity index (χ4n) is 3.09. The Balaban J connectivity index is 1.63. The van der Waals surface area contributed by atoms with Crippen molar-refractivity contribution in [1.29, 1.82) is 0 Å². The van der Waals surface area contributed by atoms with Gasteiger partial charge in [0.2, 0.25) is 0 Å². The zero-order valence-electron chi connectivity index (χ0n) is 13.4. The Morgan fingerprint density at radius 3 is 2.91 bits per heavy atom. The van der Waals surface area contributed by atoms with E-state index in [0.717, 1.165) is 30.1 Å². The molecule has 2 N–H and O–H groups in total. The maximum absolute atomic E-state index is 12.3. The highest BCUT2D eigenvalue weighted by molar-refractivity contribution is 7.09. The Morgan fingerprint density at radius 2 is 2.22 bits per heavy atom. The number of aromatic nitrogens is 3. The molecule has 1 aliphatic carbocycles. The summed E-state index contributed by atoms with van der Waals surface area (Å²) in [5, 5.41) is 13.2. The summed E-state index contributed by atoms with van der Waals surface area (Å²) in [5.74, 6) is 0.767. The average Bonchev–Trinajstić information content (AvgIpc) is 3.25. The van der Waals surface area contributed by atoms with Gasteiger partial charge in [-0.3, -0.25) is 5.32 Å². The monoisotopic (exact) mass is 333 g/mol. The number of thiazole rings is 1. The quantitative estimate of drug-likeness (QED) is 0.864. The van der Waals surface area contributed by atoms with Crippen molar-refractivity contribution in [2.75, 3.05) is 5.32 Å². The van der Waals surface area contributed by atoms with Crippen LogP contribution in [0.3, 0.4) is 0 Å². The molecule has 0 saturated heterocycles. The zero-order valence-corrected chi connectivity index (χ0v) is 14.2. The number of nitrogens with zero attached hydrogens (tertiary/aromatic N) is 3. The molecule has 0 spiro atoms. The maximum atomic E-state index is 12.3. The van der Waals surface area contributed by atoms with Crippen LogP contribution in [0.25, 0.3) is 0 Å². The Hall–Kier alpha value is -1.89. The molecule has 1 aliphatic rings. The smallest absolute Gasteiger partial charge is 0.320 e. The average molecular weight is 333 g/mol. The molecule has 0 unspecified atom stereocenters. The summed E-state index contributed by atoms with van der Waals surface area (Å²) in [4.78, 5) is 16.6. The van der Waals surface area contributed by atoms with Crippen molar-refractivity contribution in [3.05, 3.63) is 28.8 Å². The van der Waals surface area contributed by atoms with Gasteiger partial charge in [0.25, 0.3) is 0 Å². The number of amides is 2. The van der Waals surface area contributed by atoms with Gasteiger partial charge in [-0.2, -0.15) is 5.10 Å². The lowest BCUT2D eigenvalue weighted by molar-refractivity contribution is 0.247. The predicted octanol–water partition coefficient (Wildman–Crippen LogP) is 4.12. The molecular formula is C16H23N5OS. The van der Waals surface area contributed by atoms with Crippen LogP contribution in [0, 0.1) is 0 Å². The van der Waals surface area contributed by atoms with Gasteiger partial charge in [0.05, 0.1) is 18.3 Å². The fraction of sp³-hybridized carbons (Fsp3) is 0.562. The Labute approximate surface area is 140 Å². The van der Waals surface area contributed by atoms with Crippen LogP contribution in [0.4, 0.5) is 10.6 Å². The summed E-state index contributed by atoms with van der Waals surface area (Å²) in [5.41, 5.74) is 0. The topological polar surface area (TPSA) is 71.8 Å². The molecule has 0 radical (unpaired) electrons. The summed E-state index contributed by atoms with van der Waals surface area (Å²) in [7, 11) is 0. The number of rotatable bonds is 5. The number of hydrogen-bond acceptors (Lipinski definition) is 4. The molecule has 124 valence electrons. The summed E-state index contributed by atoms with van der Waals surface area (Å²) < 4.78 is 1.96. The molecule has 2 heterocycles. The van der Waals surface area contributed by atoms with Gasteiger partial charge < -0.3 is 5.32 Å². The molecule has 3 rings (SSSR count). The van der Waals surface area contributed by atoms with Crippen molar-refractivity contribution in [3.63, 3.8) is 0 Å². The maximum Gasteiger partial charge on any atom is 0.320 e. The fourth-order valence-corrected chi connectivity index (χ4v) is 3.86. The van der Waals surface area contributed by atoms with E-state index < -0.39 is 0 Å². The molecule has 2 amide bonds. The van der Waals surface area contributed by atoms with Gasteiger partial charge in [0, 0.05) is 17.6 Å². The van der Waals surface area contributed by atoms with Gasteiger partial charge in [0.15, 0.2) is 0 Å². The molecule has 1 atom stereocenters. The van der Waals surface area contributed by atoms with Crippen LogP contribution in [0.5, 0.6) is 0 Å². The minimum atomic E-state index is -0.204. The predicted molar refractivity (Wildman–Crippen MR) is 91.6 cm³/mol. The third-order valence-electron chi connectivity index (χ3n) is 4.30. The van der Waals surface area contributed by atoms with Crippen LogP contribution >= 0.6 is 11.3 Å². The van der Waals surface area contributed by atoms with Gasteiger partial charge in [0.1, 0.15) is 10.8 Å². The number of carbonyl (C=O) groups is 1. The lowest BCUT2D eigenvalue weighted by Crippen LogP contribution is -2.33. The lowest BCUT2D eigenvalue weighted by atomic mass is 9.96. The highest BCUT2D eigenvalue weighted by atomic mass is 32.1. The van der Waals surface area contributed by atoms with E-state index in [4.69, 9.17) is 0 Å². The van der Waals surface area contributed by atoms with E-state index in [9.17, 15) is 4.79 Å². The highest BCUT2D eigenvalue weighted by Gasteiger charge is 2.20. The number of nitrogens with one attached hydrogen (secondary N) is 2. The summed E-state index contributed by atoms with van der Waals surface area (Å²) in [6.45, 7) is 2.04. The first-order valence-corrected chi connectivity index (χ1v) is 9.16. The minimum Gasteiger partial charge on any atom is -0.329 e. The number of urea groups is 1. The van der Waals surface area contributed by atoms with Gasteiger partial charge >= 0.3 is 6.03 Å². The van der Waals surface area contributed by atoms with E-state index in [1.165, 1.54) is 19.3 Å². The molecule has 0 aliphatic heterocycles. The molecule has 0 aromatic carbocycles. The number of anilines is 1. The molecule has 0 bridgehead atoms. The largest absolute Gasteiger partial charge is 0.329 e. The molecule has 7 heteroatoms. The lowest BCUT2D eigenvalue weighted by Gasteiger charge is -2.24. The van der Waals surface area contributed by atoms with Crippen molar-refractivity contribution in [3.8, 4) is 0 Å². The summed E-state index contributed by atoms with van der Waals surface area (Å²) in [6, 6.07) is 2.00. The second-order valence-corrected chi connectivity index (χ2v) is 6.81. The SMILES string of the molecule is CC[C@H](NC(=O)Nc1ccnn1C1CCCCC1)c1nccs1. The summed E-state index contributed by atoms with van der Waals surface area (Å²) in [6.07, 6.45) is 10.4. The Kier molecular flexibility index (Phi) is 5.27. The Bertz CT molecular complexity index is 618. The third kappa shape index (κ3) is 3.90. The first kappa shape index (κ1) is 16.0. The summed E-state index contributed by atoms with van der Waals surface area (Å²) >= 11 is 1.56. The van der Waals surface area contributed by atoms with Crippen LogP contribution in [-0.4, -0.2) is 20.8 Å². The van der Waals surface area contributed by atoms with Gasteiger partial charge in [-0.05, 0) is 19.3 Å². The van der Waals surface area contributed by atoms with Crippen LogP contribution in [0.15, 0.2) is 23.8 Å².